The minimum absolute atomic E-state index is 0.0577. The predicted octanol–water partition coefficient (Wildman–Crippen LogP) is 23.0. The van der Waals surface area contributed by atoms with Crippen LogP contribution in [0.1, 0.15) is 285 Å². The van der Waals surface area contributed by atoms with Gasteiger partial charge < -0.3 is 33.8 Å². The number of rotatable bonds is 72. The Hall–Kier alpha value is -5.58. The van der Waals surface area contributed by atoms with Gasteiger partial charge in [-0.2, -0.15) is 0 Å². The van der Waals surface area contributed by atoms with Crippen molar-refractivity contribution < 1.29 is 80.2 Å². The van der Waals surface area contributed by atoms with Crippen LogP contribution in [0.3, 0.4) is 0 Å². The zero-order chi connectivity index (χ0) is 76.0. The Labute approximate surface area is 629 Å². The summed E-state index contributed by atoms with van der Waals surface area (Å²) >= 11 is 0. The fourth-order valence-electron chi connectivity index (χ4n) is 9.78. The SMILES string of the molecule is CC/C=C\C/C=C\C/C=C\C/C=C\C/C=C\CC(=O)OCC(COP(=O)(O)OCC(O)COP(=O)(O)OCC(COC(=O)CCCCCCCC/C=C\C/C=C\C/C=C\CCCCC)OC(=O)C/C=C\C/C=C\C/C=C\C/C=C\C/C=C\CC)OC(=O)CCCCCCC/C=C\CCCCCCCC. The number of carbonyl (C=O) groups excluding carboxylic acids is 4. The molecule has 0 radical (unpaired) electrons. The Morgan fingerprint density at radius 2 is 0.548 bits per heavy atom. The fourth-order valence-corrected chi connectivity index (χ4v) is 11.4. The summed E-state index contributed by atoms with van der Waals surface area (Å²) in [5.41, 5.74) is 0. The summed E-state index contributed by atoms with van der Waals surface area (Å²) in [6.45, 7) is 4.34. The molecule has 0 amide bonds. The summed E-state index contributed by atoms with van der Waals surface area (Å²) in [7, 11) is -10.0. The molecule has 104 heavy (non-hydrogen) atoms. The molecule has 590 valence electrons. The molecule has 0 aliphatic heterocycles. The van der Waals surface area contributed by atoms with Crippen LogP contribution in [-0.4, -0.2) is 96.7 Å². The first kappa shape index (κ1) is 98.4. The van der Waals surface area contributed by atoms with Gasteiger partial charge >= 0.3 is 39.5 Å². The number of phosphoric acid groups is 2. The van der Waals surface area contributed by atoms with Crippen LogP contribution in [-0.2, 0) is 65.4 Å². The van der Waals surface area contributed by atoms with Gasteiger partial charge in [0, 0.05) is 12.8 Å². The first-order valence-electron chi connectivity index (χ1n) is 39.4. The van der Waals surface area contributed by atoms with E-state index in [1.165, 1.54) is 57.8 Å². The van der Waals surface area contributed by atoms with E-state index >= 15 is 0 Å². The Kier molecular flexibility index (Phi) is 71.6. The van der Waals surface area contributed by atoms with Crippen LogP contribution in [0.25, 0.3) is 0 Å². The van der Waals surface area contributed by atoms with E-state index in [-0.39, 0.29) is 25.7 Å². The average Bonchev–Trinajstić information content (AvgIpc) is 0.912. The number of esters is 4. The summed E-state index contributed by atoms with van der Waals surface area (Å²) in [6.07, 6.45) is 89.7. The number of carbonyl (C=O) groups is 4. The molecule has 19 heteroatoms. The third-order valence-electron chi connectivity index (χ3n) is 15.7. The highest BCUT2D eigenvalue weighted by Crippen LogP contribution is 2.45. The van der Waals surface area contributed by atoms with E-state index < -0.39 is 97.5 Å². The molecule has 17 nitrogen and oxygen atoms in total. The molecule has 0 rings (SSSR count). The molecule has 0 heterocycles. The van der Waals surface area contributed by atoms with Crippen LogP contribution in [0.4, 0.5) is 0 Å². The summed E-state index contributed by atoms with van der Waals surface area (Å²) in [5.74, 6) is -2.51. The lowest BCUT2D eigenvalue weighted by Crippen LogP contribution is -2.30. The second kappa shape index (κ2) is 75.6. The molecule has 0 aromatic carbocycles. The zero-order valence-corrected chi connectivity index (χ0v) is 66.2. The van der Waals surface area contributed by atoms with Crippen molar-refractivity contribution in [1.29, 1.82) is 0 Å². The van der Waals surface area contributed by atoms with Crippen molar-refractivity contribution >= 4 is 39.5 Å². The predicted molar refractivity (Wildman–Crippen MR) is 426 cm³/mol. The molecule has 5 unspecified atom stereocenters. The highest BCUT2D eigenvalue weighted by Gasteiger charge is 2.30. The van der Waals surface area contributed by atoms with E-state index in [0.29, 0.717) is 25.7 Å². The molecular formula is C85H138O17P2. The number of unbranched alkanes of at least 4 members (excludes halogenated alkanes) is 20. The van der Waals surface area contributed by atoms with E-state index in [0.717, 1.165) is 148 Å². The molecule has 5 atom stereocenters. The maximum absolute atomic E-state index is 13.1. The van der Waals surface area contributed by atoms with Crippen molar-refractivity contribution in [1.82, 2.24) is 0 Å². The monoisotopic (exact) mass is 1490 g/mol. The van der Waals surface area contributed by atoms with E-state index in [1.807, 2.05) is 30.4 Å². The van der Waals surface area contributed by atoms with Crippen molar-refractivity contribution in [2.75, 3.05) is 39.6 Å². The number of aliphatic hydroxyl groups is 1. The molecule has 3 N–H and O–H groups in total. The molecule has 0 saturated carbocycles. The average molecular weight is 1490 g/mol. The van der Waals surface area contributed by atoms with Crippen LogP contribution in [0.2, 0.25) is 0 Å². The minimum atomic E-state index is -5.02. The normalized spacial score (nSPS) is 14.8. The van der Waals surface area contributed by atoms with E-state index in [4.69, 9.17) is 37.0 Å². The second-order valence-electron chi connectivity index (χ2n) is 25.6. The number of phosphoric ester groups is 2. The summed E-state index contributed by atoms with van der Waals surface area (Å²) in [6, 6.07) is 0. The second-order valence-corrected chi connectivity index (χ2v) is 28.5. The van der Waals surface area contributed by atoms with Crippen molar-refractivity contribution in [2.45, 2.75) is 303 Å². The lowest BCUT2D eigenvalue weighted by molar-refractivity contribution is -0.160. The maximum atomic E-state index is 13.1. The van der Waals surface area contributed by atoms with Gasteiger partial charge in [0.1, 0.15) is 19.3 Å². The highest BCUT2D eigenvalue weighted by molar-refractivity contribution is 7.47. The Bertz CT molecular complexity index is 2640. The summed E-state index contributed by atoms with van der Waals surface area (Å²) in [4.78, 5) is 72.8. The largest absolute Gasteiger partial charge is 0.472 e. The molecule has 0 bridgehead atoms. The fraction of sp³-hybridized carbons (Fsp3) is 0.624. The van der Waals surface area contributed by atoms with Crippen LogP contribution in [0.5, 0.6) is 0 Å². The third-order valence-corrected chi connectivity index (χ3v) is 17.6. The van der Waals surface area contributed by atoms with Crippen molar-refractivity contribution in [3.05, 3.63) is 170 Å². The molecule has 0 spiro atoms. The number of hydrogen-bond acceptors (Lipinski definition) is 15. The van der Waals surface area contributed by atoms with Gasteiger partial charge in [0.05, 0.1) is 39.3 Å². The Morgan fingerprint density at radius 1 is 0.288 bits per heavy atom. The van der Waals surface area contributed by atoms with Gasteiger partial charge in [-0.25, -0.2) is 9.13 Å². The van der Waals surface area contributed by atoms with Crippen molar-refractivity contribution in [2.24, 2.45) is 0 Å². The van der Waals surface area contributed by atoms with Gasteiger partial charge in [0.2, 0.25) is 0 Å². The van der Waals surface area contributed by atoms with Crippen LogP contribution in [0, 0.1) is 0 Å². The number of hydrogen-bond donors (Lipinski definition) is 3. The lowest BCUT2D eigenvalue weighted by atomic mass is 10.1. The van der Waals surface area contributed by atoms with Gasteiger partial charge in [-0.15, -0.1) is 0 Å². The van der Waals surface area contributed by atoms with Crippen LogP contribution >= 0.6 is 15.6 Å². The van der Waals surface area contributed by atoms with Crippen LogP contribution < -0.4 is 0 Å². The number of allylic oxidation sites excluding steroid dienone is 26. The van der Waals surface area contributed by atoms with E-state index in [2.05, 4.69) is 149 Å². The lowest BCUT2D eigenvalue weighted by Gasteiger charge is -2.21. The molecule has 0 saturated heterocycles. The van der Waals surface area contributed by atoms with Gasteiger partial charge in [-0.05, 0) is 141 Å². The molecule has 0 aromatic heterocycles. The van der Waals surface area contributed by atoms with E-state index in [9.17, 15) is 43.2 Å². The molecule has 0 aromatic rings. The van der Waals surface area contributed by atoms with Crippen LogP contribution in [0.15, 0.2) is 170 Å². The number of ether oxygens (including phenoxy) is 4. The topological polar surface area (TPSA) is 237 Å². The minimum Gasteiger partial charge on any atom is -0.462 e. The quantitative estimate of drug-likeness (QED) is 0.0169. The molecule has 0 fully saturated rings. The van der Waals surface area contributed by atoms with Crippen molar-refractivity contribution in [3.63, 3.8) is 0 Å². The smallest absolute Gasteiger partial charge is 0.462 e. The first-order chi connectivity index (χ1) is 50.7. The highest BCUT2D eigenvalue weighted by atomic mass is 31.2. The summed E-state index contributed by atoms with van der Waals surface area (Å²) in [5, 5.41) is 10.6. The maximum Gasteiger partial charge on any atom is 0.472 e. The molecule has 0 aliphatic rings. The zero-order valence-electron chi connectivity index (χ0n) is 64.4. The first-order valence-corrected chi connectivity index (χ1v) is 42.4. The number of aliphatic hydroxyl groups excluding tert-OH is 1. The standard InChI is InChI=1S/C85H138O17P2/c1-5-9-13-17-21-25-29-33-37-38-39-40-44-46-50-54-58-62-66-70-83(88)96-76-81(102-85(90)72-68-64-60-56-52-48-43-36-32-28-24-20-16-12-8-4)78-100-104(93,94)98-74-79(86)73-97-103(91,92)99-77-80(101-84(89)71-67-63-59-55-51-47-42-35-31-27-23-19-15-11-7-3)75-95-82(87)69-65-61-57-53-49-45-41-34-30-26-22-18-14-10-6-2/h10,12,14,16,21-22,24-26,28,33-37,39-43,49,52-53,56,61,64-65,68,79-81,86H,5-9,11,13,15,17-20,23,27,29-32,38,44-48,50-51,54-55,57-60,62-63,66-67,69-78H2,1-4H3,(H,91,92)(H,93,94)/b14-10-,16-12-,25-21-,26-22-,28-24-,37-33-,40-39-,41-34-,42-35-,43-36-,53-49-,56-52-,65-61-,68-64-. The van der Waals surface area contributed by atoms with Crippen molar-refractivity contribution in [3.8, 4) is 0 Å². The Balaban J connectivity index is 5.51. The third kappa shape index (κ3) is 74.7. The summed E-state index contributed by atoms with van der Waals surface area (Å²) < 4.78 is 68.3. The van der Waals surface area contributed by atoms with Gasteiger partial charge in [0.25, 0.3) is 0 Å². The molecular weight excluding hydrogens is 1350 g/mol. The van der Waals surface area contributed by atoms with Gasteiger partial charge in [0.15, 0.2) is 12.2 Å². The Morgan fingerprint density at radius 3 is 0.923 bits per heavy atom. The van der Waals surface area contributed by atoms with Gasteiger partial charge in [-0.3, -0.25) is 37.3 Å². The van der Waals surface area contributed by atoms with E-state index in [1.54, 1.807) is 18.2 Å². The molecule has 0 aliphatic carbocycles. The van der Waals surface area contributed by atoms with Gasteiger partial charge in [-0.1, -0.05) is 288 Å².